The number of amides is 1. The van der Waals surface area contributed by atoms with E-state index in [1.54, 1.807) is 20.8 Å². The van der Waals surface area contributed by atoms with Crippen LogP contribution in [0, 0.1) is 5.92 Å². The van der Waals surface area contributed by atoms with Crippen molar-refractivity contribution in [2.75, 3.05) is 0 Å². The first-order chi connectivity index (χ1) is 14.5. The van der Waals surface area contributed by atoms with Gasteiger partial charge in [0.15, 0.2) is 0 Å². The van der Waals surface area contributed by atoms with Crippen molar-refractivity contribution in [1.29, 1.82) is 0 Å². The number of carbonyl (C=O) groups is 3. The molecule has 0 aliphatic heterocycles. The van der Waals surface area contributed by atoms with Crippen LogP contribution in [0.5, 0.6) is 0 Å². The van der Waals surface area contributed by atoms with Gasteiger partial charge in [-0.25, -0.2) is 9.59 Å². The van der Waals surface area contributed by atoms with Crippen LogP contribution in [-0.2, 0) is 30.5 Å². The van der Waals surface area contributed by atoms with E-state index < -0.39 is 35.5 Å². The van der Waals surface area contributed by atoms with Crippen LogP contribution in [0.4, 0.5) is 0 Å². The topological polar surface area (TPSA) is 98.9 Å². The van der Waals surface area contributed by atoms with Crippen LogP contribution < -0.4 is 5.73 Å². The number of hydrogen-bond donors (Lipinski definition) is 1. The summed E-state index contributed by atoms with van der Waals surface area (Å²) in [6.45, 7) is 8.84. The predicted octanol–water partition coefficient (Wildman–Crippen LogP) is 3.19. The number of benzene rings is 1. The third-order valence-corrected chi connectivity index (χ3v) is 5.33. The average molecular weight is 433 g/mol. The van der Waals surface area contributed by atoms with E-state index in [0.717, 1.165) is 18.4 Å². The van der Waals surface area contributed by atoms with Crippen molar-refractivity contribution in [1.82, 2.24) is 4.90 Å². The fourth-order valence-electron chi connectivity index (χ4n) is 3.65. The fourth-order valence-corrected chi connectivity index (χ4v) is 3.65. The highest BCUT2D eigenvalue weighted by molar-refractivity contribution is 6.03. The third kappa shape index (κ3) is 7.06. The quantitative estimate of drug-likeness (QED) is 0.500. The number of ether oxygens (including phenoxy) is 2. The van der Waals surface area contributed by atoms with Gasteiger partial charge in [-0.1, -0.05) is 57.0 Å². The normalized spacial score (nSPS) is 16.6. The van der Waals surface area contributed by atoms with Crippen molar-refractivity contribution in [2.45, 2.75) is 90.6 Å². The summed E-state index contributed by atoms with van der Waals surface area (Å²) >= 11 is 0. The average Bonchev–Trinajstić information content (AvgIpc) is 3.22. The summed E-state index contributed by atoms with van der Waals surface area (Å²) < 4.78 is 11.0. The molecule has 172 valence electrons. The van der Waals surface area contributed by atoms with Gasteiger partial charge in [-0.2, -0.15) is 0 Å². The summed E-state index contributed by atoms with van der Waals surface area (Å²) in [6, 6.07) is 6.63. The minimum absolute atomic E-state index is 0.00189. The van der Waals surface area contributed by atoms with Crippen molar-refractivity contribution in [2.24, 2.45) is 11.7 Å². The molecule has 1 saturated carbocycles. The minimum atomic E-state index is -1.48. The molecule has 1 amide bonds. The van der Waals surface area contributed by atoms with Crippen LogP contribution in [0.3, 0.4) is 0 Å². The standard InChI is InChI=1S/C24H36N2O5/c1-16(2)19(25)21(27)26(18-13-9-10-14-18)20(23(29)31-24(3,4)5)22(28)30-15-17-11-7-6-8-12-17/h6-8,11-12,16,18-20H,9-10,13-15,25H2,1-5H3/t19-,20-/m0/s1. The van der Waals surface area contributed by atoms with Crippen molar-refractivity contribution in [3.05, 3.63) is 35.9 Å². The fraction of sp³-hybridized carbons (Fsp3) is 0.625. The summed E-state index contributed by atoms with van der Waals surface area (Å²) in [5.41, 5.74) is 6.13. The Hall–Kier alpha value is -2.41. The predicted molar refractivity (Wildman–Crippen MR) is 118 cm³/mol. The maximum atomic E-state index is 13.3. The highest BCUT2D eigenvalue weighted by Gasteiger charge is 2.45. The van der Waals surface area contributed by atoms with Gasteiger partial charge in [-0.15, -0.1) is 0 Å². The molecule has 1 aliphatic carbocycles. The molecule has 0 heterocycles. The zero-order chi connectivity index (χ0) is 23.2. The van der Waals surface area contributed by atoms with Gasteiger partial charge in [0.25, 0.3) is 0 Å². The summed E-state index contributed by atoms with van der Waals surface area (Å²) in [6.07, 6.45) is 3.26. The van der Waals surface area contributed by atoms with E-state index in [4.69, 9.17) is 15.2 Å². The van der Waals surface area contributed by atoms with E-state index in [1.807, 2.05) is 44.2 Å². The van der Waals surface area contributed by atoms with Gasteiger partial charge in [0.05, 0.1) is 6.04 Å². The molecule has 1 aromatic carbocycles. The van der Waals surface area contributed by atoms with E-state index in [1.165, 1.54) is 4.90 Å². The number of nitrogens with zero attached hydrogens (tertiary/aromatic N) is 1. The minimum Gasteiger partial charge on any atom is -0.459 e. The van der Waals surface area contributed by atoms with Crippen LogP contribution in [0.15, 0.2) is 30.3 Å². The van der Waals surface area contributed by atoms with Gasteiger partial charge in [0.1, 0.15) is 12.2 Å². The number of hydrogen-bond acceptors (Lipinski definition) is 6. The molecule has 2 atom stereocenters. The Morgan fingerprint density at radius 3 is 2.16 bits per heavy atom. The molecule has 1 aromatic rings. The zero-order valence-electron chi connectivity index (χ0n) is 19.3. The second kappa shape index (κ2) is 10.8. The van der Waals surface area contributed by atoms with E-state index in [2.05, 4.69) is 0 Å². The lowest BCUT2D eigenvalue weighted by atomic mass is 10.0. The van der Waals surface area contributed by atoms with E-state index in [-0.39, 0.29) is 18.6 Å². The first kappa shape index (κ1) is 24.9. The van der Waals surface area contributed by atoms with Gasteiger partial charge in [-0.3, -0.25) is 4.79 Å². The lowest BCUT2D eigenvalue weighted by Crippen LogP contribution is -2.60. The third-order valence-electron chi connectivity index (χ3n) is 5.33. The zero-order valence-corrected chi connectivity index (χ0v) is 19.3. The highest BCUT2D eigenvalue weighted by Crippen LogP contribution is 2.28. The Morgan fingerprint density at radius 1 is 1.06 bits per heavy atom. The SMILES string of the molecule is CC(C)[C@H](N)C(=O)N(C1CCCC1)[C@@H](C(=O)OCc1ccccc1)C(=O)OC(C)(C)C. The molecule has 0 unspecified atom stereocenters. The van der Waals surface area contributed by atoms with Gasteiger partial charge < -0.3 is 20.1 Å². The number of nitrogens with two attached hydrogens (primary N) is 1. The van der Waals surface area contributed by atoms with Crippen molar-refractivity contribution in [3.8, 4) is 0 Å². The van der Waals surface area contributed by atoms with Gasteiger partial charge in [-0.05, 0) is 45.1 Å². The van der Waals surface area contributed by atoms with Gasteiger partial charge >= 0.3 is 11.9 Å². The van der Waals surface area contributed by atoms with Gasteiger partial charge in [0, 0.05) is 6.04 Å². The van der Waals surface area contributed by atoms with Gasteiger partial charge in [0.2, 0.25) is 11.9 Å². The molecule has 1 fully saturated rings. The molecule has 2 N–H and O–H groups in total. The summed E-state index contributed by atoms with van der Waals surface area (Å²) in [5.74, 6) is -2.15. The first-order valence-corrected chi connectivity index (χ1v) is 11.0. The Kier molecular flexibility index (Phi) is 8.62. The molecule has 0 radical (unpaired) electrons. The Morgan fingerprint density at radius 2 is 1.65 bits per heavy atom. The molecular formula is C24H36N2O5. The molecule has 31 heavy (non-hydrogen) atoms. The molecule has 0 spiro atoms. The monoisotopic (exact) mass is 432 g/mol. The molecular weight excluding hydrogens is 396 g/mol. The van der Waals surface area contributed by atoms with Crippen molar-refractivity contribution >= 4 is 17.8 Å². The maximum absolute atomic E-state index is 13.3. The second-order valence-corrected chi connectivity index (χ2v) is 9.48. The Labute approximate surface area is 185 Å². The number of carbonyl (C=O) groups excluding carboxylic acids is 3. The molecule has 7 heteroatoms. The second-order valence-electron chi connectivity index (χ2n) is 9.48. The van der Waals surface area contributed by atoms with E-state index in [9.17, 15) is 14.4 Å². The summed E-state index contributed by atoms with van der Waals surface area (Å²) in [4.78, 5) is 41.0. The molecule has 0 aromatic heterocycles. The largest absolute Gasteiger partial charge is 0.459 e. The lowest BCUT2D eigenvalue weighted by molar-refractivity contribution is -0.177. The molecule has 0 saturated heterocycles. The number of rotatable bonds is 8. The smallest absolute Gasteiger partial charge is 0.341 e. The first-order valence-electron chi connectivity index (χ1n) is 11.0. The van der Waals surface area contributed by atoms with Crippen LogP contribution in [0.1, 0.15) is 65.9 Å². The summed E-state index contributed by atoms with van der Waals surface area (Å²) in [5, 5.41) is 0. The van der Waals surface area contributed by atoms with Crippen LogP contribution in [0.2, 0.25) is 0 Å². The Balaban J connectivity index is 2.36. The maximum Gasteiger partial charge on any atom is 0.341 e. The van der Waals surface area contributed by atoms with Crippen molar-refractivity contribution < 1.29 is 23.9 Å². The van der Waals surface area contributed by atoms with Crippen LogP contribution >= 0.6 is 0 Å². The molecule has 1 aliphatic rings. The Bertz CT molecular complexity index is 751. The van der Waals surface area contributed by atoms with Crippen LogP contribution in [-0.4, -0.2) is 46.5 Å². The van der Waals surface area contributed by atoms with E-state index >= 15 is 0 Å². The molecule has 2 rings (SSSR count). The van der Waals surface area contributed by atoms with Crippen molar-refractivity contribution in [3.63, 3.8) is 0 Å². The highest BCUT2D eigenvalue weighted by atomic mass is 16.6. The lowest BCUT2D eigenvalue weighted by Gasteiger charge is -2.37. The molecule has 7 nitrogen and oxygen atoms in total. The molecule has 0 bridgehead atoms. The van der Waals surface area contributed by atoms with Crippen LogP contribution in [0.25, 0.3) is 0 Å². The number of esters is 2. The van der Waals surface area contributed by atoms with E-state index in [0.29, 0.717) is 12.8 Å². The summed E-state index contributed by atoms with van der Waals surface area (Å²) in [7, 11) is 0.